The lowest BCUT2D eigenvalue weighted by atomic mass is 10.0. The Labute approximate surface area is 268 Å². The Hall–Kier alpha value is -4.90. The number of methoxy groups -OCH3 is 1. The van der Waals surface area contributed by atoms with Crippen molar-refractivity contribution in [3.8, 4) is 17.2 Å². The molecule has 2 atom stereocenters. The van der Waals surface area contributed by atoms with E-state index in [2.05, 4.69) is 16.0 Å². The van der Waals surface area contributed by atoms with E-state index in [4.69, 9.17) is 4.74 Å². The highest BCUT2D eigenvalue weighted by Crippen LogP contribution is 2.26. The number of carbonyl (C=O) groups excluding carboxylic acids is 2. The predicted molar refractivity (Wildman–Crippen MR) is 174 cm³/mol. The van der Waals surface area contributed by atoms with Gasteiger partial charge in [0.05, 0.1) is 26.2 Å². The molecule has 7 N–H and O–H groups in total. The lowest BCUT2D eigenvalue weighted by Gasteiger charge is -2.18. The number of carbonyl (C=O) groups is 2. The molecule has 0 spiro atoms. The maximum atomic E-state index is 12.7. The van der Waals surface area contributed by atoms with Gasteiger partial charge in [-0.1, -0.05) is 48.5 Å². The van der Waals surface area contributed by atoms with Crippen LogP contribution in [-0.4, -0.2) is 51.9 Å². The van der Waals surface area contributed by atoms with Crippen molar-refractivity contribution in [3.63, 3.8) is 0 Å². The maximum Gasteiger partial charge on any atom is 0.251 e. The molecular formula is C36H41N3O7. The second kappa shape index (κ2) is 16.4. The first-order valence-electron chi connectivity index (χ1n) is 15.1. The second-order valence-electron chi connectivity index (χ2n) is 11.2. The van der Waals surface area contributed by atoms with Crippen LogP contribution in [0.4, 0.5) is 0 Å². The van der Waals surface area contributed by atoms with E-state index in [9.17, 15) is 30.0 Å². The number of aliphatic hydroxyl groups is 2. The van der Waals surface area contributed by atoms with Crippen LogP contribution in [0, 0.1) is 0 Å². The van der Waals surface area contributed by atoms with E-state index in [0.717, 1.165) is 22.3 Å². The van der Waals surface area contributed by atoms with Crippen LogP contribution in [0.15, 0.2) is 84.9 Å². The number of phenols is 2. The summed E-state index contributed by atoms with van der Waals surface area (Å²) in [6.45, 7) is 2.63. The second-order valence-corrected chi connectivity index (χ2v) is 11.2. The number of hydrogen-bond donors (Lipinski definition) is 7. The van der Waals surface area contributed by atoms with E-state index < -0.39 is 6.10 Å². The Morgan fingerprint density at radius 2 is 1.50 bits per heavy atom. The molecule has 10 nitrogen and oxygen atoms in total. The fourth-order valence-corrected chi connectivity index (χ4v) is 5.00. The molecule has 242 valence electrons. The number of amides is 2. The number of rotatable bonds is 15. The molecule has 0 saturated carbocycles. The van der Waals surface area contributed by atoms with E-state index in [1.807, 2.05) is 31.2 Å². The summed E-state index contributed by atoms with van der Waals surface area (Å²) in [6, 6.07) is 24.5. The SMILES string of the molecule is COc1cc(CNC(=O)c2ccc(CNC(=O)Cc3cccc(C[C@@H](C)NC[C@H](O)c4ccc(O)c(CO)c4)c3)cc2)ccc1O. The molecule has 0 fully saturated rings. The lowest BCUT2D eigenvalue weighted by molar-refractivity contribution is -0.120. The number of benzene rings is 4. The number of nitrogens with one attached hydrogen (secondary N) is 3. The molecular weight excluding hydrogens is 586 g/mol. The third-order valence-electron chi connectivity index (χ3n) is 7.62. The van der Waals surface area contributed by atoms with Gasteiger partial charge in [0.2, 0.25) is 5.91 Å². The van der Waals surface area contributed by atoms with Crippen molar-refractivity contribution >= 4 is 11.8 Å². The Balaban J connectivity index is 1.20. The summed E-state index contributed by atoms with van der Waals surface area (Å²) >= 11 is 0. The number of hydrogen-bond acceptors (Lipinski definition) is 8. The Kier molecular flexibility index (Phi) is 12.1. The third-order valence-corrected chi connectivity index (χ3v) is 7.62. The summed E-state index contributed by atoms with van der Waals surface area (Å²) in [5, 5.41) is 48.5. The third kappa shape index (κ3) is 9.80. The summed E-state index contributed by atoms with van der Waals surface area (Å²) in [5.74, 6) is 0.0159. The molecule has 4 aromatic carbocycles. The fourth-order valence-electron chi connectivity index (χ4n) is 5.00. The van der Waals surface area contributed by atoms with Crippen LogP contribution in [0.25, 0.3) is 0 Å². The molecule has 0 bridgehead atoms. The summed E-state index contributed by atoms with van der Waals surface area (Å²) in [6.07, 6.45) is 0.131. The monoisotopic (exact) mass is 627 g/mol. The summed E-state index contributed by atoms with van der Waals surface area (Å²) in [4.78, 5) is 25.3. The lowest BCUT2D eigenvalue weighted by Crippen LogP contribution is -2.32. The molecule has 0 aliphatic heterocycles. The van der Waals surface area contributed by atoms with Crippen LogP contribution in [0.2, 0.25) is 0 Å². The fraction of sp³-hybridized carbons (Fsp3) is 0.278. The van der Waals surface area contributed by atoms with E-state index in [0.29, 0.717) is 42.0 Å². The smallest absolute Gasteiger partial charge is 0.251 e. The number of aromatic hydroxyl groups is 2. The number of phenolic OH excluding ortho intramolecular Hbond substituents is 1. The Morgan fingerprint density at radius 3 is 2.24 bits per heavy atom. The minimum Gasteiger partial charge on any atom is -0.508 e. The average molecular weight is 628 g/mol. The quantitative estimate of drug-likeness (QED) is 0.105. The van der Waals surface area contributed by atoms with E-state index in [1.165, 1.54) is 19.2 Å². The first kappa shape index (κ1) is 34.0. The molecule has 0 aromatic heterocycles. The van der Waals surface area contributed by atoms with Crippen LogP contribution in [0.5, 0.6) is 17.2 Å². The standard InChI is InChI=1S/C36H41N3O7/c1-23(37-21-33(43)29-11-13-31(41)30(18-29)22-40)14-25-4-3-5-26(15-25)17-35(44)38-19-24-6-9-28(10-7-24)36(45)39-20-27-8-12-32(42)34(16-27)46-2/h3-13,15-16,18,23,33,37,40-43H,14,17,19-22H2,1-2H3,(H,38,44)(H,39,45)/t23-,33+/m1/s1. The zero-order valence-corrected chi connectivity index (χ0v) is 26.0. The van der Waals surface area contributed by atoms with Crippen LogP contribution in [-0.2, 0) is 37.3 Å². The van der Waals surface area contributed by atoms with Gasteiger partial charge < -0.3 is 41.1 Å². The molecule has 0 unspecified atom stereocenters. The number of aliphatic hydroxyl groups excluding tert-OH is 2. The Bertz CT molecular complexity index is 1620. The highest BCUT2D eigenvalue weighted by Gasteiger charge is 2.13. The first-order chi connectivity index (χ1) is 22.1. The molecule has 4 aromatic rings. The predicted octanol–water partition coefficient (Wildman–Crippen LogP) is 3.64. The summed E-state index contributed by atoms with van der Waals surface area (Å²) < 4.78 is 5.10. The summed E-state index contributed by atoms with van der Waals surface area (Å²) in [7, 11) is 1.47. The Morgan fingerprint density at radius 1 is 0.804 bits per heavy atom. The van der Waals surface area contributed by atoms with Gasteiger partial charge in [-0.3, -0.25) is 9.59 Å². The van der Waals surface area contributed by atoms with Gasteiger partial charge in [-0.05, 0) is 77.6 Å². The van der Waals surface area contributed by atoms with Crippen molar-refractivity contribution in [1.29, 1.82) is 0 Å². The largest absolute Gasteiger partial charge is 0.508 e. The molecule has 10 heteroatoms. The molecule has 0 heterocycles. The minimum absolute atomic E-state index is 0.00458. The minimum atomic E-state index is -0.793. The molecule has 0 aliphatic carbocycles. The average Bonchev–Trinajstić information content (AvgIpc) is 3.06. The topological polar surface area (TPSA) is 160 Å². The van der Waals surface area contributed by atoms with E-state index >= 15 is 0 Å². The van der Waals surface area contributed by atoms with Gasteiger partial charge in [-0.25, -0.2) is 0 Å². The molecule has 46 heavy (non-hydrogen) atoms. The summed E-state index contributed by atoms with van der Waals surface area (Å²) in [5.41, 5.74) is 5.08. The zero-order chi connectivity index (χ0) is 33.1. The normalized spacial score (nSPS) is 12.3. The van der Waals surface area contributed by atoms with Crippen molar-refractivity contribution in [2.45, 2.75) is 51.6 Å². The molecule has 0 aliphatic rings. The van der Waals surface area contributed by atoms with Gasteiger partial charge in [0.25, 0.3) is 5.91 Å². The van der Waals surface area contributed by atoms with Crippen molar-refractivity contribution in [2.75, 3.05) is 13.7 Å². The van der Waals surface area contributed by atoms with Crippen molar-refractivity contribution < 1.29 is 34.8 Å². The van der Waals surface area contributed by atoms with Gasteiger partial charge in [0.1, 0.15) is 5.75 Å². The van der Waals surface area contributed by atoms with E-state index in [1.54, 1.807) is 48.5 Å². The van der Waals surface area contributed by atoms with Crippen molar-refractivity contribution in [1.82, 2.24) is 16.0 Å². The van der Waals surface area contributed by atoms with Crippen LogP contribution in [0.3, 0.4) is 0 Å². The van der Waals surface area contributed by atoms with Crippen LogP contribution >= 0.6 is 0 Å². The number of ether oxygens (including phenoxy) is 1. The maximum absolute atomic E-state index is 12.7. The van der Waals surface area contributed by atoms with Gasteiger partial charge in [0.15, 0.2) is 11.5 Å². The van der Waals surface area contributed by atoms with Gasteiger partial charge in [-0.15, -0.1) is 0 Å². The molecule has 0 saturated heterocycles. The molecule has 4 rings (SSSR count). The first-order valence-corrected chi connectivity index (χ1v) is 15.1. The van der Waals surface area contributed by atoms with Gasteiger partial charge in [0, 0.05) is 36.8 Å². The molecule has 2 amide bonds. The van der Waals surface area contributed by atoms with Crippen molar-refractivity contribution in [2.24, 2.45) is 0 Å². The zero-order valence-electron chi connectivity index (χ0n) is 26.0. The van der Waals surface area contributed by atoms with Gasteiger partial charge >= 0.3 is 0 Å². The van der Waals surface area contributed by atoms with Crippen LogP contribution in [0.1, 0.15) is 56.8 Å². The van der Waals surface area contributed by atoms with E-state index in [-0.39, 0.29) is 48.9 Å². The van der Waals surface area contributed by atoms with Gasteiger partial charge in [-0.2, -0.15) is 0 Å². The highest BCUT2D eigenvalue weighted by molar-refractivity contribution is 5.94. The molecule has 0 radical (unpaired) electrons. The van der Waals surface area contributed by atoms with Crippen molar-refractivity contribution in [3.05, 3.63) is 124 Å². The van der Waals surface area contributed by atoms with Crippen LogP contribution < -0.4 is 20.7 Å². The highest BCUT2D eigenvalue weighted by atomic mass is 16.5.